The van der Waals surface area contributed by atoms with Crippen LogP contribution in [0.3, 0.4) is 0 Å². The molecule has 0 spiro atoms. The molecule has 0 fully saturated rings. The van der Waals surface area contributed by atoms with Crippen LogP contribution in [-0.4, -0.2) is 38.6 Å². The molecule has 0 aromatic heterocycles. The van der Waals surface area contributed by atoms with Crippen molar-refractivity contribution in [2.45, 2.75) is 19.1 Å². The molecule has 4 nitrogen and oxygen atoms in total. The van der Waals surface area contributed by atoms with Gasteiger partial charge in [0.15, 0.2) is 0 Å². The maximum absolute atomic E-state index is 9.48. The number of halogens is 1. The molecular weight excluding hydrogens is 254 g/mol. The average molecular weight is 274 g/mol. The van der Waals surface area contributed by atoms with Gasteiger partial charge < -0.3 is 19.9 Å². The van der Waals surface area contributed by atoms with Crippen LogP contribution in [-0.2, 0) is 11.3 Å². The number of aliphatic hydroxyl groups is 1. The van der Waals surface area contributed by atoms with Crippen molar-refractivity contribution < 1.29 is 14.6 Å². The Balaban J connectivity index is 2.36. The molecule has 0 radical (unpaired) electrons. The summed E-state index contributed by atoms with van der Waals surface area (Å²) in [6, 6.07) is 5.52. The van der Waals surface area contributed by atoms with Crippen LogP contribution in [0.1, 0.15) is 12.0 Å². The van der Waals surface area contributed by atoms with E-state index in [9.17, 15) is 5.11 Å². The minimum atomic E-state index is -0.427. The lowest BCUT2D eigenvalue weighted by Crippen LogP contribution is -2.23. The van der Waals surface area contributed by atoms with Crippen molar-refractivity contribution in [2.24, 2.45) is 0 Å². The quantitative estimate of drug-likeness (QED) is 0.710. The van der Waals surface area contributed by atoms with Crippen molar-refractivity contribution in [2.75, 3.05) is 27.4 Å². The number of hydrogen-bond donors (Lipinski definition) is 2. The monoisotopic (exact) mass is 273 g/mol. The van der Waals surface area contributed by atoms with E-state index in [1.165, 1.54) is 0 Å². The van der Waals surface area contributed by atoms with E-state index in [-0.39, 0.29) is 0 Å². The Morgan fingerprint density at radius 3 is 2.83 bits per heavy atom. The number of ether oxygens (including phenoxy) is 2. The Bertz CT molecular complexity index is 360. The largest absolute Gasteiger partial charge is 0.496 e. The van der Waals surface area contributed by atoms with E-state index >= 15 is 0 Å². The fourth-order valence-corrected chi connectivity index (χ4v) is 1.85. The van der Waals surface area contributed by atoms with Crippen LogP contribution in [0.15, 0.2) is 18.2 Å². The van der Waals surface area contributed by atoms with Crippen molar-refractivity contribution >= 4 is 11.6 Å². The van der Waals surface area contributed by atoms with E-state index in [1.54, 1.807) is 20.3 Å². The average Bonchev–Trinajstić information content (AvgIpc) is 2.35. The molecule has 0 saturated carbocycles. The predicted octanol–water partition coefficient (Wildman–Crippen LogP) is 1.84. The standard InChI is InChI=1S/C13H20ClNO3/c1-17-9-12(16)5-6-15-8-10-7-11(14)3-4-13(10)18-2/h3-4,7,12,15-16H,5-6,8-9H2,1-2H3. The van der Waals surface area contributed by atoms with Crippen LogP contribution < -0.4 is 10.1 Å². The summed E-state index contributed by atoms with van der Waals surface area (Å²) in [6.45, 7) is 1.73. The molecule has 0 aliphatic heterocycles. The Morgan fingerprint density at radius 2 is 2.17 bits per heavy atom. The number of aliphatic hydroxyl groups excluding tert-OH is 1. The van der Waals surface area contributed by atoms with E-state index in [4.69, 9.17) is 21.1 Å². The van der Waals surface area contributed by atoms with E-state index in [2.05, 4.69) is 5.32 Å². The third-order valence-corrected chi connectivity index (χ3v) is 2.81. The van der Waals surface area contributed by atoms with Gasteiger partial charge >= 0.3 is 0 Å². The van der Waals surface area contributed by atoms with E-state index in [1.807, 2.05) is 12.1 Å². The van der Waals surface area contributed by atoms with Gasteiger partial charge in [0.2, 0.25) is 0 Å². The summed E-state index contributed by atoms with van der Waals surface area (Å²) in [5.74, 6) is 0.810. The molecule has 18 heavy (non-hydrogen) atoms. The Morgan fingerprint density at radius 1 is 1.39 bits per heavy atom. The Hall–Kier alpha value is -0.810. The van der Waals surface area contributed by atoms with Gasteiger partial charge in [0.1, 0.15) is 5.75 Å². The molecule has 1 atom stereocenters. The molecule has 1 unspecified atom stereocenters. The summed E-state index contributed by atoms with van der Waals surface area (Å²) >= 11 is 5.94. The summed E-state index contributed by atoms with van der Waals surface area (Å²) in [5.41, 5.74) is 1.01. The maximum Gasteiger partial charge on any atom is 0.123 e. The summed E-state index contributed by atoms with van der Waals surface area (Å²) in [6.07, 6.45) is 0.222. The van der Waals surface area contributed by atoms with Crippen LogP contribution in [0.4, 0.5) is 0 Å². The number of rotatable bonds is 8. The highest BCUT2D eigenvalue weighted by atomic mass is 35.5. The number of nitrogens with one attached hydrogen (secondary N) is 1. The first-order valence-electron chi connectivity index (χ1n) is 5.87. The summed E-state index contributed by atoms with van der Waals surface area (Å²) in [7, 11) is 3.21. The molecule has 5 heteroatoms. The maximum atomic E-state index is 9.48. The van der Waals surface area contributed by atoms with Gasteiger partial charge in [-0.1, -0.05) is 11.6 Å². The highest BCUT2D eigenvalue weighted by molar-refractivity contribution is 6.30. The lowest BCUT2D eigenvalue weighted by atomic mass is 10.2. The second-order valence-corrected chi connectivity index (χ2v) is 4.47. The third kappa shape index (κ3) is 5.23. The first-order valence-corrected chi connectivity index (χ1v) is 6.25. The molecule has 0 amide bonds. The lowest BCUT2D eigenvalue weighted by Gasteiger charge is -2.12. The van der Waals surface area contributed by atoms with Gasteiger partial charge in [-0.3, -0.25) is 0 Å². The number of methoxy groups -OCH3 is 2. The van der Waals surface area contributed by atoms with Gasteiger partial charge in [-0.15, -0.1) is 0 Å². The number of hydrogen-bond acceptors (Lipinski definition) is 4. The van der Waals surface area contributed by atoms with Crippen LogP contribution >= 0.6 is 11.6 Å². The van der Waals surface area contributed by atoms with Gasteiger partial charge in [-0.05, 0) is 31.2 Å². The fraction of sp³-hybridized carbons (Fsp3) is 0.538. The van der Waals surface area contributed by atoms with E-state index in [0.717, 1.165) is 11.3 Å². The van der Waals surface area contributed by atoms with Gasteiger partial charge in [0.05, 0.1) is 19.8 Å². The first kappa shape index (κ1) is 15.2. The van der Waals surface area contributed by atoms with Crippen LogP contribution in [0.2, 0.25) is 5.02 Å². The highest BCUT2D eigenvalue weighted by Crippen LogP contribution is 2.22. The minimum absolute atomic E-state index is 0.363. The summed E-state index contributed by atoms with van der Waals surface area (Å²) in [4.78, 5) is 0. The number of benzene rings is 1. The van der Waals surface area contributed by atoms with Gasteiger partial charge in [0, 0.05) is 24.2 Å². The van der Waals surface area contributed by atoms with Crippen molar-refractivity contribution in [1.82, 2.24) is 5.32 Å². The predicted molar refractivity (Wildman–Crippen MR) is 72.2 cm³/mol. The molecule has 0 saturated heterocycles. The molecule has 0 heterocycles. The van der Waals surface area contributed by atoms with E-state index < -0.39 is 6.10 Å². The third-order valence-electron chi connectivity index (χ3n) is 2.57. The summed E-state index contributed by atoms with van der Waals surface area (Å²) < 4.78 is 10.1. The van der Waals surface area contributed by atoms with E-state index in [0.29, 0.717) is 31.1 Å². The second-order valence-electron chi connectivity index (χ2n) is 4.03. The van der Waals surface area contributed by atoms with Crippen molar-refractivity contribution in [1.29, 1.82) is 0 Å². The topological polar surface area (TPSA) is 50.7 Å². The molecule has 1 rings (SSSR count). The highest BCUT2D eigenvalue weighted by Gasteiger charge is 2.05. The van der Waals surface area contributed by atoms with Crippen LogP contribution in [0.25, 0.3) is 0 Å². The SMILES string of the molecule is COCC(O)CCNCc1cc(Cl)ccc1OC. The smallest absolute Gasteiger partial charge is 0.123 e. The molecule has 1 aromatic carbocycles. The normalized spacial score (nSPS) is 12.4. The van der Waals surface area contributed by atoms with Crippen molar-refractivity contribution in [3.05, 3.63) is 28.8 Å². The molecule has 1 aromatic rings. The second kappa shape index (κ2) is 8.32. The fourth-order valence-electron chi connectivity index (χ4n) is 1.65. The molecule has 102 valence electrons. The van der Waals surface area contributed by atoms with Crippen LogP contribution in [0.5, 0.6) is 5.75 Å². The molecule has 2 N–H and O–H groups in total. The minimum Gasteiger partial charge on any atom is -0.496 e. The molecule has 0 bridgehead atoms. The van der Waals surface area contributed by atoms with Gasteiger partial charge in [0.25, 0.3) is 0 Å². The molecular formula is C13H20ClNO3. The zero-order valence-electron chi connectivity index (χ0n) is 10.8. The first-order chi connectivity index (χ1) is 8.67. The van der Waals surface area contributed by atoms with Crippen molar-refractivity contribution in [3.8, 4) is 5.75 Å². The Kier molecular flexibility index (Phi) is 7.05. The lowest BCUT2D eigenvalue weighted by molar-refractivity contribution is 0.0594. The zero-order valence-corrected chi connectivity index (χ0v) is 11.5. The molecule has 0 aliphatic rings. The van der Waals surface area contributed by atoms with Gasteiger partial charge in [-0.25, -0.2) is 0 Å². The molecule has 0 aliphatic carbocycles. The van der Waals surface area contributed by atoms with Crippen LogP contribution in [0, 0.1) is 0 Å². The van der Waals surface area contributed by atoms with Gasteiger partial charge in [-0.2, -0.15) is 0 Å². The van der Waals surface area contributed by atoms with Crippen molar-refractivity contribution in [3.63, 3.8) is 0 Å². The summed E-state index contributed by atoms with van der Waals surface area (Å²) in [5, 5.41) is 13.4. The Labute approximate surface area is 113 Å². The zero-order chi connectivity index (χ0) is 13.4.